The molecule has 108 valence electrons. The second kappa shape index (κ2) is 5.61. The predicted octanol–water partition coefficient (Wildman–Crippen LogP) is 3.26. The minimum atomic E-state index is -2.36. The SMILES string of the molecule is [2H]C([2H])([2H])N(Cc1ccc(OC)cc1)c1cc(Cl)nc2nc[nH]c12. The second-order valence-corrected chi connectivity index (χ2v) is 4.89. The molecule has 0 saturated carbocycles. The van der Waals surface area contributed by atoms with Crippen LogP contribution in [0.3, 0.4) is 0 Å². The first kappa shape index (κ1) is 10.5. The van der Waals surface area contributed by atoms with Gasteiger partial charge in [0.05, 0.1) is 19.1 Å². The first-order valence-electron chi connectivity index (χ1n) is 7.78. The van der Waals surface area contributed by atoms with Crippen molar-refractivity contribution < 1.29 is 8.85 Å². The zero-order valence-electron chi connectivity index (χ0n) is 14.3. The van der Waals surface area contributed by atoms with Crippen LogP contribution in [0.15, 0.2) is 36.7 Å². The van der Waals surface area contributed by atoms with E-state index in [9.17, 15) is 0 Å². The molecule has 0 atom stereocenters. The lowest BCUT2D eigenvalue weighted by atomic mass is 10.2. The van der Waals surface area contributed by atoms with E-state index < -0.39 is 6.98 Å². The number of nitrogens with zero attached hydrogens (tertiary/aromatic N) is 3. The molecule has 0 amide bonds. The number of hydrogen-bond acceptors (Lipinski definition) is 4. The van der Waals surface area contributed by atoms with Gasteiger partial charge >= 0.3 is 0 Å². The fourth-order valence-electron chi connectivity index (χ4n) is 2.09. The second-order valence-electron chi connectivity index (χ2n) is 4.50. The summed E-state index contributed by atoms with van der Waals surface area (Å²) in [5, 5.41) is 0.189. The van der Waals surface area contributed by atoms with E-state index in [1.54, 1.807) is 19.2 Å². The summed E-state index contributed by atoms with van der Waals surface area (Å²) in [5.41, 5.74) is 2.16. The Morgan fingerprint density at radius 3 is 2.90 bits per heavy atom. The van der Waals surface area contributed by atoms with Crippen molar-refractivity contribution in [3.8, 4) is 5.75 Å². The minimum absolute atomic E-state index is 0.176. The topological polar surface area (TPSA) is 54.0 Å². The van der Waals surface area contributed by atoms with Crippen LogP contribution in [0.25, 0.3) is 11.2 Å². The Hall–Kier alpha value is -2.27. The Kier molecular flexibility index (Phi) is 2.80. The molecule has 5 nitrogen and oxygen atoms in total. The maximum absolute atomic E-state index is 7.89. The number of H-pyrrole nitrogens is 1. The number of aromatic amines is 1. The molecule has 2 heterocycles. The predicted molar refractivity (Wildman–Crippen MR) is 84.0 cm³/mol. The molecule has 2 aromatic heterocycles. The Morgan fingerprint density at radius 1 is 1.38 bits per heavy atom. The van der Waals surface area contributed by atoms with Gasteiger partial charge < -0.3 is 14.6 Å². The average molecular weight is 306 g/mol. The van der Waals surface area contributed by atoms with Crippen LogP contribution in [0.1, 0.15) is 9.68 Å². The first-order valence-corrected chi connectivity index (χ1v) is 6.66. The summed E-state index contributed by atoms with van der Waals surface area (Å²) < 4.78 is 28.8. The molecular formula is C15H15ClN4O. The van der Waals surface area contributed by atoms with Crippen molar-refractivity contribution in [2.75, 3.05) is 19.0 Å². The van der Waals surface area contributed by atoms with Crippen molar-refractivity contribution in [1.82, 2.24) is 15.0 Å². The number of anilines is 1. The Balaban J connectivity index is 2.04. The summed E-state index contributed by atoms with van der Waals surface area (Å²) in [6, 6.07) is 8.75. The fraction of sp³-hybridized carbons (Fsp3) is 0.200. The molecule has 3 aromatic rings. The zero-order chi connectivity index (χ0) is 17.3. The van der Waals surface area contributed by atoms with Crippen molar-refractivity contribution in [2.45, 2.75) is 6.54 Å². The molecule has 0 aliphatic rings. The summed E-state index contributed by atoms with van der Waals surface area (Å²) in [4.78, 5) is 12.4. The van der Waals surface area contributed by atoms with Gasteiger partial charge in [-0.1, -0.05) is 23.7 Å². The molecule has 0 bridgehead atoms. The number of pyridine rings is 1. The van der Waals surface area contributed by atoms with E-state index in [1.165, 1.54) is 17.3 Å². The van der Waals surface area contributed by atoms with Gasteiger partial charge in [0.25, 0.3) is 0 Å². The summed E-state index contributed by atoms with van der Waals surface area (Å²) >= 11 is 6.03. The van der Waals surface area contributed by atoms with Crippen LogP contribution < -0.4 is 9.64 Å². The number of imidazole rings is 1. The highest BCUT2D eigenvalue weighted by Gasteiger charge is 2.11. The lowest BCUT2D eigenvalue weighted by molar-refractivity contribution is 0.414. The van der Waals surface area contributed by atoms with Gasteiger partial charge in [-0.25, -0.2) is 9.97 Å². The summed E-state index contributed by atoms with van der Waals surface area (Å²) in [7, 11) is 1.58. The van der Waals surface area contributed by atoms with Crippen molar-refractivity contribution in [1.29, 1.82) is 0 Å². The number of benzene rings is 1. The van der Waals surface area contributed by atoms with E-state index in [1.807, 2.05) is 12.1 Å². The smallest absolute Gasteiger partial charge is 0.180 e. The number of hydrogen-bond donors (Lipinski definition) is 1. The van der Waals surface area contributed by atoms with E-state index in [-0.39, 0.29) is 11.7 Å². The van der Waals surface area contributed by atoms with Crippen molar-refractivity contribution in [3.05, 3.63) is 47.4 Å². The van der Waals surface area contributed by atoms with Gasteiger partial charge in [-0.15, -0.1) is 0 Å². The molecule has 1 N–H and O–H groups in total. The number of fused-ring (bicyclic) bond motifs is 1. The van der Waals surface area contributed by atoms with Crippen LogP contribution in [-0.4, -0.2) is 29.0 Å². The molecule has 3 rings (SSSR count). The van der Waals surface area contributed by atoms with Crippen molar-refractivity contribution in [2.24, 2.45) is 0 Å². The van der Waals surface area contributed by atoms with Crippen molar-refractivity contribution >= 4 is 28.5 Å². The van der Waals surface area contributed by atoms with Gasteiger partial charge in [0.15, 0.2) is 5.65 Å². The highest BCUT2D eigenvalue weighted by Crippen LogP contribution is 2.26. The number of nitrogens with one attached hydrogen (secondary N) is 1. The number of halogens is 1. The lowest BCUT2D eigenvalue weighted by Gasteiger charge is -2.20. The normalized spacial score (nSPS) is 13.5. The molecular weight excluding hydrogens is 288 g/mol. The maximum atomic E-state index is 7.89. The standard InChI is InChI=1S/C15H15ClN4O/c1-20(8-10-3-5-11(21-2)6-4-10)12-7-13(16)19-15-14(12)17-9-18-15/h3-7,9H,8H2,1-2H3,(H,17,18,19)/i1D3. The summed E-state index contributed by atoms with van der Waals surface area (Å²) in [6.45, 7) is -2.18. The summed E-state index contributed by atoms with van der Waals surface area (Å²) in [6.07, 6.45) is 1.46. The Bertz CT molecular complexity index is 848. The first-order chi connectivity index (χ1) is 11.4. The van der Waals surface area contributed by atoms with Gasteiger partial charge in [-0.05, 0) is 17.7 Å². The highest BCUT2D eigenvalue weighted by atomic mass is 35.5. The number of methoxy groups -OCH3 is 1. The van der Waals surface area contributed by atoms with E-state index in [0.29, 0.717) is 22.6 Å². The third-order valence-corrected chi connectivity index (χ3v) is 3.33. The van der Waals surface area contributed by atoms with Crippen LogP contribution >= 0.6 is 11.6 Å². The third-order valence-electron chi connectivity index (χ3n) is 3.13. The van der Waals surface area contributed by atoms with E-state index in [2.05, 4.69) is 15.0 Å². The molecule has 1 aromatic carbocycles. The number of ether oxygens (including phenoxy) is 1. The molecule has 0 radical (unpaired) electrons. The fourth-order valence-corrected chi connectivity index (χ4v) is 2.27. The monoisotopic (exact) mass is 305 g/mol. The molecule has 21 heavy (non-hydrogen) atoms. The third kappa shape index (κ3) is 2.78. The van der Waals surface area contributed by atoms with Gasteiger partial charge in [0.1, 0.15) is 16.4 Å². The molecule has 0 aliphatic carbocycles. The van der Waals surface area contributed by atoms with Gasteiger partial charge in [0.2, 0.25) is 0 Å². The molecule has 0 saturated heterocycles. The minimum Gasteiger partial charge on any atom is -0.497 e. The Labute approximate surface area is 131 Å². The van der Waals surface area contributed by atoms with Gasteiger partial charge in [-0.2, -0.15) is 0 Å². The van der Waals surface area contributed by atoms with Gasteiger partial charge in [-0.3, -0.25) is 0 Å². The lowest BCUT2D eigenvalue weighted by Crippen LogP contribution is -2.17. The van der Waals surface area contributed by atoms with Crippen LogP contribution in [0, 0.1) is 0 Å². The van der Waals surface area contributed by atoms with E-state index in [4.69, 9.17) is 20.5 Å². The quantitative estimate of drug-likeness (QED) is 0.752. The molecule has 0 unspecified atom stereocenters. The maximum Gasteiger partial charge on any atom is 0.180 e. The van der Waals surface area contributed by atoms with E-state index in [0.717, 1.165) is 5.56 Å². The van der Waals surface area contributed by atoms with Crippen LogP contribution in [-0.2, 0) is 6.54 Å². The Morgan fingerprint density at radius 2 is 2.19 bits per heavy atom. The average Bonchev–Trinajstić information content (AvgIpc) is 2.99. The van der Waals surface area contributed by atoms with Crippen molar-refractivity contribution in [3.63, 3.8) is 0 Å². The molecule has 0 spiro atoms. The van der Waals surface area contributed by atoms with Crippen LogP contribution in [0.2, 0.25) is 5.15 Å². The van der Waals surface area contributed by atoms with Gasteiger partial charge in [0, 0.05) is 23.7 Å². The zero-order valence-corrected chi connectivity index (χ0v) is 12.1. The highest BCUT2D eigenvalue weighted by molar-refractivity contribution is 6.30. The molecule has 0 fully saturated rings. The number of aromatic nitrogens is 3. The summed E-state index contributed by atoms with van der Waals surface area (Å²) in [5.74, 6) is 0.710. The van der Waals surface area contributed by atoms with Crippen LogP contribution in [0.5, 0.6) is 5.75 Å². The molecule has 0 aliphatic heterocycles. The van der Waals surface area contributed by atoms with E-state index >= 15 is 0 Å². The largest absolute Gasteiger partial charge is 0.497 e. The molecule has 6 heteroatoms. The van der Waals surface area contributed by atoms with Crippen LogP contribution in [0.4, 0.5) is 5.69 Å². The number of rotatable bonds is 4.